The van der Waals surface area contributed by atoms with Crippen molar-refractivity contribution in [2.45, 2.75) is 31.7 Å². The third-order valence-corrected chi connectivity index (χ3v) is 2.58. The summed E-state index contributed by atoms with van der Waals surface area (Å²) in [5, 5.41) is 0. The summed E-state index contributed by atoms with van der Waals surface area (Å²) >= 11 is 0. The van der Waals surface area contributed by atoms with Crippen molar-refractivity contribution in [3.63, 3.8) is 0 Å². The minimum absolute atomic E-state index is 0.176. The number of rotatable bonds is 2. The molecular weight excluding hydrogens is 162 g/mol. The van der Waals surface area contributed by atoms with Crippen LogP contribution in [0.5, 0.6) is 0 Å². The highest BCUT2D eigenvalue weighted by atomic mass is 32.2. The normalized spacial score (nSPS) is 21.9. The standard InChI is InChI=1S/C7H14NO2S/c1-11(9,10)8-7-5-3-2-4-6-7/h2,7-8H,3-6H2,1H3. The van der Waals surface area contributed by atoms with E-state index in [9.17, 15) is 8.42 Å². The summed E-state index contributed by atoms with van der Waals surface area (Å²) in [5.74, 6) is 0. The van der Waals surface area contributed by atoms with Crippen molar-refractivity contribution in [3.8, 4) is 0 Å². The Labute approximate surface area is 68.2 Å². The van der Waals surface area contributed by atoms with Crippen molar-refractivity contribution in [3.05, 3.63) is 6.42 Å². The third kappa shape index (κ3) is 3.72. The fourth-order valence-corrected chi connectivity index (χ4v) is 2.19. The topological polar surface area (TPSA) is 46.2 Å². The molecule has 65 valence electrons. The lowest BCUT2D eigenvalue weighted by atomic mass is 9.96. The quantitative estimate of drug-likeness (QED) is 0.672. The molecule has 1 N–H and O–H groups in total. The molecule has 1 saturated carbocycles. The van der Waals surface area contributed by atoms with Crippen molar-refractivity contribution in [1.82, 2.24) is 4.72 Å². The highest BCUT2D eigenvalue weighted by Gasteiger charge is 2.16. The van der Waals surface area contributed by atoms with Crippen LogP contribution < -0.4 is 4.72 Å². The summed E-state index contributed by atoms with van der Waals surface area (Å²) in [4.78, 5) is 0. The predicted octanol–water partition coefficient (Wildman–Crippen LogP) is 0.682. The Morgan fingerprint density at radius 1 is 1.36 bits per heavy atom. The van der Waals surface area contributed by atoms with Crippen molar-refractivity contribution >= 4 is 10.0 Å². The van der Waals surface area contributed by atoms with E-state index in [1.807, 2.05) is 0 Å². The molecular formula is C7H14NO2S. The number of hydrogen-bond acceptors (Lipinski definition) is 2. The van der Waals surface area contributed by atoms with E-state index in [-0.39, 0.29) is 6.04 Å². The second-order valence-electron chi connectivity index (χ2n) is 3.03. The van der Waals surface area contributed by atoms with Gasteiger partial charge in [-0.1, -0.05) is 0 Å². The van der Waals surface area contributed by atoms with Crippen molar-refractivity contribution < 1.29 is 8.42 Å². The van der Waals surface area contributed by atoms with Crippen molar-refractivity contribution in [2.24, 2.45) is 0 Å². The van der Waals surface area contributed by atoms with Gasteiger partial charge in [-0.3, -0.25) is 0 Å². The fourth-order valence-electron chi connectivity index (χ4n) is 1.35. The Balaban J connectivity index is 2.36. The number of nitrogens with one attached hydrogen (secondary N) is 1. The number of hydrogen-bond donors (Lipinski definition) is 1. The Morgan fingerprint density at radius 3 is 2.36 bits per heavy atom. The zero-order valence-corrected chi connectivity index (χ0v) is 7.52. The van der Waals surface area contributed by atoms with Gasteiger partial charge in [-0.2, -0.15) is 0 Å². The molecule has 0 unspecified atom stereocenters. The van der Waals surface area contributed by atoms with Crippen molar-refractivity contribution in [2.75, 3.05) is 6.26 Å². The van der Waals surface area contributed by atoms with Gasteiger partial charge in [0.15, 0.2) is 0 Å². The zero-order valence-electron chi connectivity index (χ0n) is 6.71. The average molecular weight is 176 g/mol. The molecule has 1 rings (SSSR count). The molecule has 0 amide bonds. The maximum absolute atomic E-state index is 10.8. The Kier molecular flexibility index (Phi) is 2.90. The fraction of sp³-hybridized carbons (Fsp3) is 0.857. The summed E-state index contributed by atoms with van der Waals surface area (Å²) in [5.41, 5.74) is 0. The van der Waals surface area contributed by atoms with E-state index in [1.165, 1.54) is 6.26 Å². The minimum atomic E-state index is -2.99. The van der Waals surface area contributed by atoms with Crippen LogP contribution in [-0.2, 0) is 10.0 Å². The van der Waals surface area contributed by atoms with Gasteiger partial charge in [0.25, 0.3) is 0 Å². The molecule has 0 bridgehead atoms. The van der Waals surface area contributed by atoms with Gasteiger partial charge in [-0.25, -0.2) is 13.1 Å². The largest absolute Gasteiger partial charge is 0.213 e. The van der Waals surface area contributed by atoms with E-state index >= 15 is 0 Å². The molecule has 0 aromatic heterocycles. The van der Waals surface area contributed by atoms with Crippen LogP contribution >= 0.6 is 0 Å². The second-order valence-corrected chi connectivity index (χ2v) is 4.81. The van der Waals surface area contributed by atoms with E-state index in [4.69, 9.17) is 0 Å². The van der Waals surface area contributed by atoms with Crippen molar-refractivity contribution in [1.29, 1.82) is 0 Å². The minimum Gasteiger partial charge on any atom is -0.213 e. The Bertz CT molecular complexity index is 204. The smallest absolute Gasteiger partial charge is 0.208 e. The van der Waals surface area contributed by atoms with Gasteiger partial charge >= 0.3 is 0 Å². The Morgan fingerprint density at radius 2 is 1.91 bits per heavy atom. The molecule has 1 aliphatic rings. The maximum Gasteiger partial charge on any atom is 0.208 e. The third-order valence-electron chi connectivity index (χ3n) is 1.82. The van der Waals surface area contributed by atoms with Gasteiger partial charge < -0.3 is 0 Å². The molecule has 3 nitrogen and oxygen atoms in total. The first-order chi connectivity index (χ1) is 5.08. The summed E-state index contributed by atoms with van der Waals surface area (Å²) in [6, 6.07) is 0.176. The molecule has 0 heterocycles. The SMILES string of the molecule is CS(=O)(=O)NC1CC[CH]CC1. The predicted molar refractivity (Wildman–Crippen MR) is 44.5 cm³/mol. The van der Waals surface area contributed by atoms with Crippen LogP contribution in [0.4, 0.5) is 0 Å². The van der Waals surface area contributed by atoms with E-state index < -0.39 is 10.0 Å². The van der Waals surface area contributed by atoms with Gasteiger partial charge in [0.2, 0.25) is 10.0 Å². The highest BCUT2D eigenvalue weighted by molar-refractivity contribution is 7.88. The first-order valence-corrected chi connectivity index (χ1v) is 5.76. The van der Waals surface area contributed by atoms with E-state index in [0.29, 0.717) is 0 Å². The monoisotopic (exact) mass is 176 g/mol. The zero-order chi connectivity index (χ0) is 8.32. The highest BCUT2D eigenvalue weighted by Crippen LogP contribution is 2.16. The van der Waals surface area contributed by atoms with Gasteiger partial charge in [-0.05, 0) is 32.1 Å². The van der Waals surface area contributed by atoms with Crippen LogP contribution in [0.3, 0.4) is 0 Å². The van der Waals surface area contributed by atoms with Crippen LogP contribution in [0, 0.1) is 6.42 Å². The lowest BCUT2D eigenvalue weighted by Gasteiger charge is -2.21. The van der Waals surface area contributed by atoms with Crippen LogP contribution in [-0.4, -0.2) is 20.7 Å². The molecule has 0 atom stereocenters. The average Bonchev–Trinajstić information content (AvgIpc) is 1.85. The number of sulfonamides is 1. The second kappa shape index (κ2) is 3.54. The van der Waals surface area contributed by atoms with Crippen LogP contribution in [0.2, 0.25) is 0 Å². The van der Waals surface area contributed by atoms with Crippen LogP contribution in [0.25, 0.3) is 0 Å². The molecule has 0 aromatic rings. The lowest BCUT2D eigenvalue weighted by molar-refractivity contribution is 0.464. The van der Waals surface area contributed by atoms with E-state index in [0.717, 1.165) is 25.7 Å². The summed E-state index contributed by atoms with van der Waals surface area (Å²) in [7, 11) is -2.99. The molecule has 1 radical (unpaired) electrons. The van der Waals surface area contributed by atoms with E-state index in [2.05, 4.69) is 11.1 Å². The summed E-state index contributed by atoms with van der Waals surface area (Å²) in [6.45, 7) is 0. The Hall–Kier alpha value is -0.0900. The van der Waals surface area contributed by atoms with Gasteiger partial charge in [0.1, 0.15) is 0 Å². The molecule has 11 heavy (non-hydrogen) atoms. The molecule has 0 spiro atoms. The van der Waals surface area contributed by atoms with Gasteiger partial charge in [0, 0.05) is 6.04 Å². The maximum atomic E-state index is 10.8. The molecule has 4 heteroatoms. The van der Waals surface area contributed by atoms with Crippen LogP contribution in [0.1, 0.15) is 25.7 Å². The van der Waals surface area contributed by atoms with E-state index in [1.54, 1.807) is 0 Å². The van der Waals surface area contributed by atoms with Crippen LogP contribution in [0.15, 0.2) is 0 Å². The molecule has 1 fully saturated rings. The first kappa shape index (κ1) is 9.00. The molecule has 0 saturated heterocycles. The van der Waals surface area contributed by atoms with Gasteiger partial charge in [-0.15, -0.1) is 0 Å². The summed E-state index contributed by atoms with van der Waals surface area (Å²) in [6.07, 6.45) is 7.40. The molecule has 1 aliphatic carbocycles. The molecule has 0 aliphatic heterocycles. The molecule has 0 aromatic carbocycles. The van der Waals surface area contributed by atoms with Gasteiger partial charge in [0.05, 0.1) is 6.26 Å². The summed E-state index contributed by atoms with van der Waals surface area (Å²) < 4.78 is 24.2. The first-order valence-electron chi connectivity index (χ1n) is 3.87. The lowest BCUT2D eigenvalue weighted by Crippen LogP contribution is -2.35.